The average molecular weight is 1140 g/mol. The Balaban J connectivity index is -0.000000240. The van der Waals surface area contributed by atoms with Gasteiger partial charge in [-0.1, -0.05) is 129 Å². The van der Waals surface area contributed by atoms with Crippen LogP contribution in [-0.2, 0) is 43.0 Å². The zero-order valence-electron chi connectivity index (χ0n) is 38.7. The molecule has 0 rings (SSSR count). The molecule has 0 aromatic rings. The van der Waals surface area contributed by atoms with Crippen LogP contribution in [0.3, 0.4) is 0 Å². The average Bonchev–Trinajstić information content (AvgIpc) is 3.23. The highest BCUT2D eigenvalue weighted by Crippen LogP contribution is 2.45. The zero-order valence-corrected chi connectivity index (χ0v) is 46.9. The van der Waals surface area contributed by atoms with Crippen molar-refractivity contribution in [2.24, 2.45) is 40.1 Å². The summed E-state index contributed by atoms with van der Waals surface area (Å²) in [5, 5.41) is 42.7. The maximum atomic E-state index is 10.9. The van der Waals surface area contributed by atoms with E-state index in [0.29, 0.717) is 28.8 Å². The second kappa shape index (κ2) is 44.5. The van der Waals surface area contributed by atoms with Crippen LogP contribution in [0.5, 0.6) is 0 Å². The molecule has 19 N–H and O–H groups in total. The predicted molar refractivity (Wildman–Crippen MR) is 287 cm³/mol. The van der Waals surface area contributed by atoms with E-state index in [1.807, 2.05) is 0 Å². The maximum Gasteiger partial charge on any atom is 0.323 e. The lowest BCUT2D eigenvalue weighted by atomic mass is 10.1. The largest absolute Gasteiger partial charge is 0.481 e. The first-order chi connectivity index (χ1) is 30.3. The lowest BCUT2D eigenvalue weighted by Crippen LogP contribution is -2.49. The van der Waals surface area contributed by atoms with Gasteiger partial charge in [0.15, 0.2) is 0 Å². The summed E-state index contributed by atoms with van der Waals surface area (Å²) in [6.45, 7) is 14.6. The molecule has 0 amide bonds. The van der Waals surface area contributed by atoms with Gasteiger partial charge < -0.3 is 75.1 Å². The molecule has 0 spiro atoms. The van der Waals surface area contributed by atoms with Crippen LogP contribution in [0.2, 0.25) is 0 Å². The van der Waals surface area contributed by atoms with Gasteiger partial charge in [-0.3, -0.25) is 33.6 Å². The fourth-order valence-electron chi connectivity index (χ4n) is 2.54. The van der Waals surface area contributed by atoms with Gasteiger partial charge in [0.1, 0.15) is 30.2 Å². The van der Waals surface area contributed by atoms with E-state index in [4.69, 9.17) is 65.7 Å². The number of hydrogen-bond acceptors (Lipinski definition) is 26. The van der Waals surface area contributed by atoms with Gasteiger partial charge in [-0.05, 0) is 27.7 Å². The van der Waals surface area contributed by atoms with E-state index in [1.54, 1.807) is 60.1 Å². The number of ether oxygens (including phenoxy) is 2. The van der Waals surface area contributed by atoms with Crippen molar-refractivity contribution in [1.29, 1.82) is 0 Å². The molecule has 0 aliphatic carbocycles. The molecule has 392 valence electrons. The molecule has 0 radical (unpaired) electrons. The van der Waals surface area contributed by atoms with Gasteiger partial charge in [0.05, 0.1) is 27.1 Å². The quantitative estimate of drug-likeness (QED) is 0.0279. The van der Waals surface area contributed by atoms with E-state index in [-0.39, 0.29) is 17.6 Å². The lowest BCUT2D eigenvalue weighted by Gasteiger charge is -2.33. The molecule has 0 bridgehead atoms. The summed E-state index contributed by atoms with van der Waals surface area (Å²) in [5.74, 6) is -1.26. The molecule has 21 nitrogen and oxygen atoms in total. The van der Waals surface area contributed by atoms with Crippen LogP contribution in [0.4, 0.5) is 0 Å². The number of nitrogens with two attached hydrogens (primary N) is 7. The van der Waals surface area contributed by atoms with Gasteiger partial charge in [-0.2, -0.15) is 0 Å². The first-order valence-corrected chi connectivity index (χ1v) is 31.1. The summed E-state index contributed by atoms with van der Waals surface area (Å²) in [6, 6.07) is -4.13. The van der Waals surface area contributed by atoms with E-state index in [9.17, 15) is 33.6 Å². The number of rotatable bonds is 30. The normalized spacial score (nSPS) is 13.3. The highest BCUT2D eigenvalue weighted by Gasteiger charge is 2.39. The number of carboxylic acid groups (broad SMARTS) is 5. The van der Waals surface area contributed by atoms with Gasteiger partial charge in [0.2, 0.25) is 0 Å². The number of hydrogen-bond donors (Lipinski definition) is 12. The summed E-state index contributed by atoms with van der Waals surface area (Å²) in [4.78, 5) is 73.9. The van der Waals surface area contributed by atoms with Gasteiger partial charge in [-0.25, -0.2) is 0 Å². The first-order valence-electron chi connectivity index (χ1n) is 19.2. The number of esters is 2. The second-order valence-corrected chi connectivity index (χ2v) is 29.0. The Morgan fingerprint density at radius 1 is 0.455 bits per heavy atom. The highest BCUT2D eigenvalue weighted by atomic mass is 33.1. The Morgan fingerprint density at radius 3 is 1.00 bits per heavy atom. The molecule has 0 saturated heterocycles. The Morgan fingerprint density at radius 2 is 0.758 bits per heavy atom. The Kier molecular flexibility index (Phi) is 50.1. The molecular weight excluding hydrogens is 1060 g/mol. The van der Waals surface area contributed by atoms with Crippen LogP contribution < -0.4 is 40.1 Å². The molecule has 0 unspecified atom stereocenters. The minimum absolute atomic E-state index is 0.130. The van der Waals surface area contributed by atoms with Crippen molar-refractivity contribution >= 4 is 150 Å². The van der Waals surface area contributed by atoms with Gasteiger partial charge in [-0.15, -0.1) is 0 Å². The SMILES string of the molecule is CC(C)(C)SSC[C@@H](N)C(=O)O.CC(C)(SSC(C)(C)[C@@H](N)C(=O)O)[C@H](N)C(=O)O.COC(=O)[C@H](N)CSSC[C@H](N)C(=O)OC.NCCSSCCN.O=C(O)CCSSCCC(=O)O. The van der Waals surface area contributed by atoms with Crippen LogP contribution in [0.1, 0.15) is 61.3 Å². The summed E-state index contributed by atoms with van der Waals surface area (Å²) in [6.07, 6.45) is 0.259. The fourth-order valence-corrected chi connectivity index (χ4v) is 13.6. The van der Waals surface area contributed by atoms with Crippen LogP contribution >= 0.6 is 108 Å². The zero-order chi connectivity index (χ0) is 52.7. The number of aliphatic carboxylic acids is 5. The highest BCUT2D eigenvalue weighted by molar-refractivity contribution is 8.78. The second-order valence-electron chi connectivity index (χ2n) is 14.4. The number of methoxy groups -OCH3 is 2. The smallest absolute Gasteiger partial charge is 0.323 e. The molecule has 0 aliphatic rings. The summed E-state index contributed by atoms with van der Waals surface area (Å²) in [7, 11) is 17.3. The predicted octanol–water partition coefficient (Wildman–Crippen LogP) is 3.30. The van der Waals surface area contributed by atoms with Crippen molar-refractivity contribution in [3.8, 4) is 0 Å². The molecule has 0 aliphatic heterocycles. The Labute approximate surface area is 428 Å². The monoisotopic (exact) mass is 1140 g/mol. The molecule has 0 saturated carbocycles. The molecule has 5 atom stereocenters. The molecule has 31 heteroatoms. The van der Waals surface area contributed by atoms with E-state index in [0.717, 1.165) is 24.6 Å². The minimum atomic E-state index is -1.09. The molecule has 0 heterocycles. The Bertz CT molecular complexity index is 1280. The maximum absolute atomic E-state index is 10.9. The standard InChI is InChI=1S/C10H20N2O4S2.C8H16N2O4S2.C7H15NO2S2.C6H10O4S2.C4H12N2S2/c1-9(2,5(11)7(13)14)17-18-10(3,4)6(12)8(15)16;1-13-7(11)5(9)3-15-16-4-6(10)8(12)14-2;1-7(2,3)12-11-4-5(8)6(9)10;7-5(8)1-3-11-12-4-2-6(9)10;5-1-3-7-8-4-2-6/h5-6H,11-12H2,1-4H3,(H,13,14)(H,15,16);5-6H,3-4,9-10H2,1-2H3;5H,4,8H2,1-3H3,(H,9,10);1-4H2,(H,7,8)(H,9,10);1-6H2/t2*5-,6+;5-;;/m..1../s1. The summed E-state index contributed by atoms with van der Waals surface area (Å²) >= 11 is 0. The number of carbonyl (C=O) groups excluding carboxylic acids is 2. The van der Waals surface area contributed by atoms with E-state index >= 15 is 0 Å². The van der Waals surface area contributed by atoms with Crippen LogP contribution in [-0.4, -0.2) is 179 Å². The van der Waals surface area contributed by atoms with Crippen LogP contribution in [0.15, 0.2) is 0 Å². The van der Waals surface area contributed by atoms with Crippen molar-refractivity contribution in [2.45, 2.75) is 106 Å². The summed E-state index contributed by atoms with van der Waals surface area (Å²) in [5.41, 5.74) is 38.0. The van der Waals surface area contributed by atoms with E-state index < -0.39 is 81.5 Å². The number of carboxylic acids is 5. The fraction of sp³-hybridized carbons (Fsp3) is 0.800. The van der Waals surface area contributed by atoms with Crippen LogP contribution in [0.25, 0.3) is 0 Å². The van der Waals surface area contributed by atoms with Gasteiger partial charge in [0.25, 0.3) is 0 Å². The third kappa shape index (κ3) is 49.9. The van der Waals surface area contributed by atoms with Crippen molar-refractivity contribution in [3.05, 3.63) is 0 Å². The Hall–Kier alpha value is -0.490. The lowest BCUT2D eigenvalue weighted by molar-refractivity contribution is -0.142. The van der Waals surface area contributed by atoms with Crippen molar-refractivity contribution in [1.82, 2.24) is 0 Å². The molecule has 0 aromatic carbocycles. The molecule has 0 aromatic heterocycles. The number of carbonyl (C=O) groups is 7. The topological polar surface area (TPSA) is 421 Å². The molecule has 0 fully saturated rings. The van der Waals surface area contributed by atoms with Gasteiger partial charge >= 0.3 is 41.8 Å². The van der Waals surface area contributed by atoms with Crippen molar-refractivity contribution in [3.63, 3.8) is 0 Å². The van der Waals surface area contributed by atoms with Crippen molar-refractivity contribution in [2.75, 3.05) is 67.6 Å². The van der Waals surface area contributed by atoms with E-state index in [2.05, 4.69) is 30.2 Å². The first kappa shape index (κ1) is 74.5. The molecule has 66 heavy (non-hydrogen) atoms. The van der Waals surface area contributed by atoms with Gasteiger partial charge in [0, 0.05) is 67.6 Å². The third-order valence-electron chi connectivity index (χ3n) is 6.33. The third-order valence-corrected chi connectivity index (χ3v) is 21.3. The van der Waals surface area contributed by atoms with Crippen LogP contribution in [0, 0.1) is 0 Å². The summed E-state index contributed by atoms with van der Waals surface area (Å²) < 4.78 is 7.62. The van der Waals surface area contributed by atoms with E-state index in [1.165, 1.54) is 89.8 Å². The van der Waals surface area contributed by atoms with Crippen molar-refractivity contribution < 1.29 is 68.6 Å². The molecular formula is C35H73N7O14S10. The minimum Gasteiger partial charge on any atom is -0.481 e.